The van der Waals surface area contributed by atoms with Crippen molar-refractivity contribution in [1.29, 1.82) is 0 Å². The van der Waals surface area contributed by atoms with Crippen molar-refractivity contribution >= 4 is 10.0 Å². The van der Waals surface area contributed by atoms with Crippen molar-refractivity contribution in [1.82, 2.24) is 14.6 Å². The van der Waals surface area contributed by atoms with E-state index in [-0.39, 0.29) is 17.5 Å². The average Bonchev–Trinajstić information content (AvgIpc) is 2.49. The van der Waals surface area contributed by atoms with Gasteiger partial charge in [0.25, 0.3) is 0 Å². The molecule has 9 heteroatoms. The van der Waals surface area contributed by atoms with Crippen LogP contribution in [0.25, 0.3) is 0 Å². The maximum atomic E-state index is 12.1. The van der Waals surface area contributed by atoms with Crippen LogP contribution in [0.5, 0.6) is 0 Å². The molecule has 0 saturated carbocycles. The van der Waals surface area contributed by atoms with Crippen LogP contribution in [0.3, 0.4) is 0 Å². The average molecular weight is 331 g/mol. The Balaban J connectivity index is 1.99. The second-order valence-corrected chi connectivity index (χ2v) is 7.21. The highest BCUT2D eigenvalue weighted by Crippen LogP contribution is 2.22. The molecule has 3 N–H and O–H groups in total. The first-order valence-corrected chi connectivity index (χ1v) is 8.37. The second-order valence-electron chi connectivity index (χ2n) is 5.45. The van der Waals surface area contributed by atoms with Crippen LogP contribution in [0.2, 0.25) is 0 Å². The van der Waals surface area contributed by atoms with Crippen LogP contribution >= 0.6 is 0 Å². The van der Waals surface area contributed by atoms with E-state index in [0.717, 1.165) is 0 Å². The zero-order valence-electron chi connectivity index (χ0n) is 12.5. The Bertz CT molecular complexity index is 581. The molecular formula is C13H21N3O5S. The summed E-state index contributed by atoms with van der Waals surface area (Å²) in [7, 11) is -0.118. The molecule has 0 amide bonds. The van der Waals surface area contributed by atoms with Gasteiger partial charge in [0.2, 0.25) is 10.0 Å². The fraction of sp³-hybridized carbons (Fsp3) is 0.615. The van der Waals surface area contributed by atoms with E-state index < -0.39 is 28.5 Å². The molecule has 0 aliphatic carbocycles. The SMILES string of the molecule is CN(C)C1CC(CNS(=O)(=O)c2cccnc2)O[C@@H](O)C1O. The molecule has 0 bridgehead atoms. The lowest BCUT2D eigenvalue weighted by molar-refractivity contribution is -0.232. The minimum atomic E-state index is -3.68. The van der Waals surface area contributed by atoms with E-state index in [2.05, 4.69) is 9.71 Å². The number of aliphatic hydroxyl groups excluding tert-OH is 2. The molecule has 0 spiro atoms. The van der Waals surface area contributed by atoms with E-state index in [1.54, 1.807) is 19.0 Å². The summed E-state index contributed by atoms with van der Waals surface area (Å²) >= 11 is 0. The standard InChI is InChI=1S/C13H21N3O5S/c1-16(2)11-6-9(21-13(18)12(11)17)7-15-22(19,20)10-4-3-5-14-8-10/h3-5,8-9,11-13,15,17-18H,6-7H2,1-2H3/t9?,11?,12?,13-/m1/s1. The van der Waals surface area contributed by atoms with E-state index in [1.807, 2.05) is 0 Å². The Morgan fingerprint density at radius 3 is 2.77 bits per heavy atom. The van der Waals surface area contributed by atoms with Gasteiger partial charge in [0.05, 0.1) is 6.10 Å². The predicted octanol–water partition coefficient (Wildman–Crippen LogP) is -1.24. The van der Waals surface area contributed by atoms with Gasteiger partial charge in [-0.25, -0.2) is 13.1 Å². The Hall–Kier alpha value is -1.10. The van der Waals surface area contributed by atoms with Crippen molar-refractivity contribution in [2.24, 2.45) is 0 Å². The largest absolute Gasteiger partial charge is 0.386 e. The number of aliphatic hydroxyl groups is 2. The molecule has 3 unspecified atom stereocenters. The summed E-state index contributed by atoms with van der Waals surface area (Å²) in [4.78, 5) is 5.61. The van der Waals surface area contributed by atoms with Gasteiger partial charge in [0.1, 0.15) is 11.0 Å². The number of likely N-dealkylation sites (N-methyl/N-ethyl adjacent to an activating group) is 1. The number of rotatable bonds is 5. The zero-order chi connectivity index (χ0) is 16.3. The summed E-state index contributed by atoms with van der Waals surface area (Å²) in [6.07, 6.45) is 0.252. The van der Waals surface area contributed by atoms with Crippen molar-refractivity contribution < 1.29 is 23.4 Å². The molecule has 1 aliphatic rings. The van der Waals surface area contributed by atoms with Crippen LogP contribution in [0.1, 0.15) is 6.42 Å². The molecule has 1 aliphatic heterocycles. The van der Waals surface area contributed by atoms with Crippen molar-refractivity contribution in [3.63, 3.8) is 0 Å². The maximum Gasteiger partial charge on any atom is 0.242 e. The summed E-state index contributed by atoms with van der Waals surface area (Å²) in [6, 6.07) is 2.67. The van der Waals surface area contributed by atoms with Crippen LogP contribution in [0.15, 0.2) is 29.4 Å². The van der Waals surface area contributed by atoms with Gasteiger partial charge in [-0.3, -0.25) is 4.98 Å². The number of pyridine rings is 1. The second kappa shape index (κ2) is 6.99. The Kier molecular flexibility index (Phi) is 5.48. The normalized spacial score (nSPS) is 29.7. The molecule has 0 radical (unpaired) electrons. The summed E-state index contributed by atoms with van der Waals surface area (Å²) in [6.45, 7) is 0.00531. The van der Waals surface area contributed by atoms with Crippen molar-refractivity contribution in [3.8, 4) is 0 Å². The third-order valence-electron chi connectivity index (χ3n) is 3.63. The monoisotopic (exact) mass is 331 g/mol. The van der Waals surface area contributed by atoms with Gasteiger partial charge in [0, 0.05) is 25.0 Å². The lowest BCUT2D eigenvalue weighted by Crippen LogP contribution is -2.55. The molecule has 22 heavy (non-hydrogen) atoms. The highest BCUT2D eigenvalue weighted by atomic mass is 32.2. The fourth-order valence-electron chi connectivity index (χ4n) is 2.37. The molecule has 2 heterocycles. The van der Waals surface area contributed by atoms with Gasteiger partial charge >= 0.3 is 0 Å². The minimum Gasteiger partial charge on any atom is -0.386 e. The molecule has 2 rings (SSSR count). The van der Waals surface area contributed by atoms with Gasteiger partial charge < -0.3 is 19.8 Å². The number of aromatic nitrogens is 1. The lowest BCUT2D eigenvalue weighted by atomic mass is 9.99. The molecule has 8 nitrogen and oxygen atoms in total. The summed E-state index contributed by atoms with van der Waals surface area (Å²) in [5.41, 5.74) is 0. The maximum absolute atomic E-state index is 12.1. The number of ether oxygens (including phenoxy) is 1. The fourth-order valence-corrected chi connectivity index (χ4v) is 3.40. The van der Waals surface area contributed by atoms with Crippen molar-refractivity contribution in [2.75, 3.05) is 20.6 Å². The Morgan fingerprint density at radius 1 is 1.45 bits per heavy atom. The number of hydrogen-bond acceptors (Lipinski definition) is 7. The number of nitrogens with one attached hydrogen (secondary N) is 1. The van der Waals surface area contributed by atoms with Crippen LogP contribution in [0, 0.1) is 0 Å². The summed E-state index contributed by atoms with van der Waals surface area (Å²) < 4.78 is 31.9. The summed E-state index contributed by atoms with van der Waals surface area (Å²) in [5, 5.41) is 19.6. The molecule has 1 saturated heterocycles. The van der Waals surface area contributed by atoms with E-state index in [9.17, 15) is 18.6 Å². The van der Waals surface area contributed by atoms with E-state index >= 15 is 0 Å². The lowest BCUT2D eigenvalue weighted by Gasteiger charge is -2.40. The highest BCUT2D eigenvalue weighted by Gasteiger charge is 2.38. The Labute approximate surface area is 129 Å². The molecule has 4 atom stereocenters. The Morgan fingerprint density at radius 2 is 2.18 bits per heavy atom. The third-order valence-corrected chi connectivity index (χ3v) is 5.04. The molecule has 0 aromatic carbocycles. The van der Waals surface area contributed by atoms with E-state index in [4.69, 9.17) is 4.74 Å². The van der Waals surface area contributed by atoms with Gasteiger partial charge in [-0.05, 0) is 32.6 Å². The molecule has 1 fully saturated rings. The van der Waals surface area contributed by atoms with E-state index in [0.29, 0.717) is 6.42 Å². The molecule has 1 aromatic rings. The van der Waals surface area contributed by atoms with Crippen molar-refractivity contribution in [3.05, 3.63) is 24.5 Å². The van der Waals surface area contributed by atoms with Gasteiger partial charge in [-0.15, -0.1) is 0 Å². The number of sulfonamides is 1. The van der Waals surface area contributed by atoms with Crippen LogP contribution in [0.4, 0.5) is 0 Å². The third kappa shape index (κ3) is 4.00. The van der Waals surface area contributed by atoms with Crippen LogP contribution in [-0.4, -0.2) is 73.7 Å². The number of hydrogen-bond donors (Lipinski definition) is 3. The molecule has 124 valence electrons. The minimum absolute atomic E-state index is 0.00531. The van der Waals surface area contributed by atoms with Crippen LogP contribution < -0.4 is 4.72 Å². The van der Waals surface area contributed by atoms with Gasteiger partial charge in [-0.2, -0.15) is 0 Å². The number of nitrogens with zero attached hydrogens (tertiary/aromatic N) is 2. The van der Waals surface area contributed by atoms with Gasteiger partial charge in [-0.1, -0.05) is 0 Å². The molecular weight excluding hydrogens is 310 g/mol. The smallest absolute Gasteiger partial charge is 0.242 e. The summed E-state index contributed by atoms with van der Waals surface area (Å²) in [5.74, 6) is 0. The highest BCUT2D eigenvalue weighted by molar-refractivity contribution is 7.89. The predicted molar refractivity (Wildman–Crippen MR) is 78.4 cm³/mol. The zero-order valence-corrected chi connectivity index (χ0v) is 13.3. The molecule has 1 aromatic heterocycles. The first-order valence-electron chi connectivity index (χ1n) is 6.89. The van der Waals surface area contributed by atoms with Gasteiger partial charge in [0.15, 0.2) is 6.29 Å². The van der Waals surface area contributed by atoms with E-state index in [1.165, 1.54) is 24.5 Å². The first kappa shape index (κ1) is 17.3. The first-order chi connectivity index (χ1) is 10.3. The topological polar surface area (TPSA) is 112 Å². The van der Waals surface area contributed by atoms with Crippen LogP contribution in [-0.2, 0) is 14.8 Å². The quantitative estimate of drug-likeness (QED) is 0.618. The van der Waals surface area contributed by atoms with Crippen molar-refractivity contribution in [2.45, 2.75) is 35.9 Å².